The van der Waals surface area contributed by atoms with Gasteiger partial charge in [0.25, 0.3) is 0 Å². The second kappa shape index (κ2) is 14.6. The number of unbranched alkanes of at least 4 members (excludes halogenated alkanes) is 1. The van der Waals surface area contributed by atoms with Gasteiger partial charge in [0.2, 0.25) is 17.7 Å². The van der Waals surface area contributed by atoms with E-state index in [1.165, 1.54) is 19.4 Å². The molecule has 0 aliphatic heterocycles. The van der Waals surface area contributed by atoms with Gasteiger partial charge in [-0.1, -0.05) is 0 Å². The second-order valence-electron chi connectivity index (χ2n) is 7.96. The summed E-state index contributed by atoms with van der Waals surface area (Å²) in [5, 5.41) is 35.2. The average molecular weight is 500 g/mol. The smallest absolute Gasteiger partial charge is 0.326 e. The highest BCUT2D eigenvalue weighted by Gasteiger charge is 2.33. The second-order valence-corrected chi connectivity index (χ2v) is 7.96. The molecule has 0 aliphatic rings. The Morgan fingerprint density at radius 3 is 2.20 bits per heavy atom. The minimum atomic E-state index is -1.57. The van der Waals surface area contributed by atoms with Crippen molar-refractivity contribution >= 4 is 29.7 Å². The molecule has 196 valence electrons. The number of aliphatic hydroxyl groups is 1. The van der Waals surface area contributed by atoms with E-state index in [-0.39, 0.29) is 12.8 Å². The number of aromatic nitrogens is 2. The molecule has 0 aliphatic carbocycles. The molecule has 1 rings (SSSR count). The third kappa shape index (κ3) is 10.5. The van der Waals surface area contributed by atoms with Gasteiger partial charge in [-0.3, -0.25) is 19.2 Å². The fourth-order valence-electron chi connectivity index (χ4n) is 3.06. The molecular formula is C20H33N7O8. The molecule has 15 heteroatoms. The summed E-state index contributed by atoms with van der Waals surface area (Å²) in [4.78, 5) is 66.9. The number of hydrogen-bond donors (Lipinski definition) is 9. The maximum atomic E-state index is 12.9. The summed E-state index contributed by atoms with van der Waals surface area (Å²) in [5.74, 6) is -5.37. The number of nitrogens with one attached hydrogen (secondary N) is 4. The van der Waals surface area contributed by atoms with Crippen LogP contribution in [0.4, 0.5) is 0 Å². The van der Waals surface area contributed by atoms with Crippen LogP contribution in [0.2, 0.25) is 0 Å². The fraction of sp³-hybridized carbons (Fsp3) is 0.600. The quantitative estimate of drug-likeness (QED) is 0.102. The standard InChI is InChI=1S/C20H33N7O8/c1-10(28)16(27-17(31)12(22)7-15(29)30)19(33)26-14(6-11-8-23-9-24-11)18(32)25-13(20(34)35)4-2-3-5-21/h8-10,12-14,16,28H,2-7,21-22H2,1H3,(H,23,24)(H,25,32)(H,26,33)(H,27,31)(H,29,30)(H,34,35)/t10-,12+,13+,14+,16+/m1/s1. The summed E-state index contributed by atoms with van der Waals surface area (Å²) in [6, 6.07) is -5.57. The van der Waals surface area contributed by atoms with Gasteiger partial charge in [0.05, 0.1) is 24.9 Å². The molecule has 0 radical (unpaired) electrons. The topological polar surface area (TPSA) is 263 Å². The van der Waals surface area contributed by atoms with Crippen LogP contribution in [0.15, 0.2) is 12.5 Å². The fourth-order valence-corrected chi connectivity index (χ4v) is 3.06. The van der Waals surface area contributed by atoms with Gasteiger partial charge >= 0.3 is 11.9 Å². The summed E-state index contributed by atoms with van der Waals surface area (Å²) in [6.45, 7) is 1.57. The number of carbonyl (C=O) groups excluding carboxylic acids is 3. The number of aliphatic hydroxyl groups excluding tert-OH is 1. The average Bonchev–Trinajstić information content (AvgIpc) is 3.28. The van der Waals surface area contributed by atoms with Gasteiger partial charge in [-0.05, 0) is 32.7 Å². The van der Waals surface area contributed by atoms with Gasteiger partial charge in [-0.2, -0.15) is 0 Å². The van der Waals surface area contributed by atoms with Crippen molar-refractivity contribution in [3.05, 3.63) is 18.2 Å². The summed E-state index contributed by atoms with van der Waals surface area (Å²) in [5.41, 5.74) is 11.4. The lowest BCUT2D eigenvalue weighted by Crippen LogP contribution is -2.60. The monoisotopic (exact) mass is 499 g/mol. The number of aliphatic carboxylic acids is 2. The summed E-state index contributed by atoms with van der Waals surface area (Å²) >= 11 is 0. The Balaban J connectivity index is 3.00. The van der Waals surface area contributed by atoms with Crippen molar-refractivity contribution in [1.82, 2.24) is 25.9 Å². The maximum absolute atomic E-state index is 12.9. The summed E-state index contributed by atoms with van der Waals surface area (Å²) in [6.07, 6.45) is 1.65. The molecule has 0 aromatic carbocycles. The molecule has 0 fully saturated rings. The lowest BCUT2D eigenvalue weighted by molar-refractivity contribution is -0.142. The lowest BCUT2D eigenvalue weighted by atomic mass is 10.1. The highest BCUT2D eigenvalue weighted by atomic mass is 16.4. The first kappa shape index (κ1) is 29.5. The number of nitrogens with two attached hydrogens (primary N) is 2. The Kier molecular flexibility index (Phi) is 12.3. The Morgan fingerprint density at radius 2 is 1.69 bits per heavy atom. The van der Waals surface area contributed by atoms with Gasteiger partial charge in [0.1, 0.15) is 18.1 Å². The highest BCUT2D eigenvalue weighted by Crippen LogP contribution is 2.06. The number of imidazole rings is 1. The summed E-state index contributed by atoms with van der Waals surface area (Å²) in [7, 11) is 0. The molecule has 1 aromatic rings. The van der Waals surface area contributed by atoms with Gasteiger partial charge < -0.3 is 47.7 Å². The number of carbonyl (C=O) groups is 5. The highest BCUT2D eigenvalue weighted by molar-refractivity contribution is 5.95. The van der Waals surface area contributed by atoms with Crippen molar-refractivity contribution in [3.8, 4) is 0 Å². The third-order valence-electron chi connectivity index (χ3n) is 4.97. The molecule has 15 nitrogen and oxygen atoms in total. The normalized spacial score (nSPS) is 15.2. The van der Waals surface area contributed by atoms with E-state index in [2.05, 4.69) is 25.9 Å². The van der Waals surface area contributed by atoms with Crippen LogP contribution in [0.5, 0.6) is 0 Å². The molecule has 3 amide bonds. The van der Waals surface area contributed by atoms with Crippen molar-refractivity contribution in [2.75, 3.05) is 6.54 Å². The molecule has 0 unspecified atom stereocenters. The molecule has 0 saturated heterocycles. The number of rotatable bonds is 16. The van der Waals surface area contributed by atoms with E-state index in [1.807, 2.05) is 0 Å². The molecule has 1 heterocycles. The van der Waals surface area contributed by atoms with Crippen molar-refractivity contribution < 1.29 is 39.3 Å². The number of amides is 3. The Morgan fingerprint density at radius 1 is 1.03 bits per heavy atom. The number of carboxylic acids is 2. The molecule has 11 N–H and O–H groups in total. The van der Waals surface area contributed by atoms with E-state index in [4.69, 9.17) is 16.6 Å². The number of carboxylic acid groups (broad SMARTS) is 2. The summed E-state index contributed by atoms with van der Waals surface area (Å²) < 4.78 is 0. The third-order valence-corrected chi connectivity index (χ3v) is 4.97. The maximum Gasteiger partial charge on any atom is 0.326 e. The predicted molar refractivity (Wildman–Crippen MR) is 121 cm³/mol. The van der Waals surface area contributed by atoms with Crippen molar-refractivity contribution in [2.24, 2.45) is 11.5 Å². The van der Waals surface area contributed by atoms with Crippen LogP contribution >= 0.6 is 0 Å². The SMILES string of the molecule is C[C@@H](O)[C@H](NC(=O)[C@@H](N)CC(=O)O)C(=O)N[C@@H](Cc1cnc[nH]1)C(=O)N[C@@H](CCCCN)C(=O)O. The van der Waals surface area contributed by atoms with E-state index in [0.717, 1.165) is 0 Å². The zero-order valence-corrected chi connectivity index (χ0v) is 19.3. The molecule has 1 aromatic heterocycles. The number of H-pyrrole nitrogens is 1. The predicted octanol–water partition coefficient (Wildman–Crippen LogP) is -3.20. The molecular weight excluding hydrogens is 466 g/mol. The first-order valence-corrected chi connectivity index (χ1v) is 10.9. The van der Waals surface area contributed by atoms with Crippen LogP contribution < -0.4 is 27.4 Å². The first-order chi connectivity index (χ1) is 16.5. The van der Waals surface area contributed by atoms with Crippen LogP contribution in [0.25, 0.3) is 0 Å². The van der Waals surface area contributed by atoms with E-state index >= 15 is 0 Å². The minimum Gasteiger partial charge on any atom is -0.481 e. The van der Waals surface area contributed by atoms with Crippen LogP contribution in [-0.2, 0) is 30.4 Å². The van der Waals surface area contributed by atoms with Crippen LogP contribution in [0.3, 0.4) is 0 Å². The number of nitrogens with zero attached hydrogens (tertiary/aromatic N) is 1. The van der Waals surface area contributed by atoms with Crippen molar-refractivity contribution in [2.45, 2.75) is 69.3 Å². The molecule has 35 heavy (non-hydrogen) atoms. The minimum absolute atomic E-state index is 0.105. The van der Waals surface area contributed by atoms with Crippen molar-refractivity contribution in [1.29, 1.82) is 0 Å². The zero-order valence-electron chi connectivity index (χ0n) is 19.3. The Bertz CT molecular complexity index is 862. The van der Waals surface area contributed by atoms with Gasteiger partial charge in [-0.25, -0.2) is 9.78 Å². The number of aromatic amines is 1. The van der Waals surface area contributed by atoms with Gasteiger partial charge in [0.15, 0.2) is 0 Å². The van der Waals surface area contributed by atoms with Crippen LogP contribution in [0.1, 0.15) is 38.3 Å². The van der Waals surface area contributed by atoms with Gasteiger partial charge in [0, 0.05) is 18.3 Å². The molecule has 0 spiro atoms. The van der Waals surface area contributed by atoms with Crippen LogP contribution in [-0.4, -0.2) is 91.8 Å². The van der Waals surface area contributed by atoms with E-state index in [1.54, 1.807) is 0 Å². The van der Waals surface area contributed by atoms with E-state index in [9.17, 15) is 34.2 Å². The van der Waals surface area contributed by atoms with Crippen molar-refractivity contribution in [3.63, 3.8) is 0 Å². The Labute approximate surface area is 201 Å². The molecule has 0 saturated carbocycles. The van der Waals surface area contributed by atoms with E-state index < -0.39 is 66.4 Å². The van der Waals surface area contributed by atoms with E-state index in [0.29, 0.717) is 25.1 Å². The zero-order chi connectivity index (χ0) is 26.5. The largest absolute Gasteiger partial charge is 0.481 e. The number of hydrogen-bond acceptors (Lipinski definition) is 9. The molecule has 0 bridgehead atoms. The molecule has 5 atom stereocenters. The Hall–Kier alpha value is -3.56. The lowest BCUT2D eigenvalue weighted by Gasteiger charge is -2.26. The van der Waals surface area contributed by atoms with Gasteiger partial charge in [-0.15, -0.1) is 0 Å². The first-order valence-electron chi connectivity index (χ1n) is 10.9. The van der Waals surface area contributed by atoms with Crippen LogP contribution in [0, 0.1) is 0 Å².